The van der Waals surface area contributed by atoms with Crippen molar-refractivity contribution in [1.29, 1.82) is 0 Å². The highest BCUT2D eigenvalue weighted by atomic mass is 35.5. The molecule has 1 aromatic heterocycles. The Morgan fingerprint density at radius 3 is 1.29 bits per heavy atom. The van der Waals surface area contributed by atoms with E-state index in [0.29, 0.717) is 0 Å². The van der Waals surface area contributed by atoms with Crippen LogP contribution in [0, 0.1) is 0 Å². The fourth-order valence-corrected chi connectivity index (χ4v) is 3.85. The Morgan fingerprint density at radius 2 is 1.06 bits per heavy atom. The number of hydrogen-bond donors (Lipinski definition) is 0. The van der Waals surface area contributed by atoms with E-state index in [9.17, 15) is 16.8 Å². The van der Waals surface area contributed by atoms with Gasteiger partial charge in [0.15, 0.2) is 29.7 Å². The van der Waals surface area contributed by atoms with E-state index >= 15 is 0 Å². The van der Waals surface area contributed by atoms with E-state index in [1.54, 1.807) is 0 Å². The molecule has 10 heteroatoms. The second-order valence-electron chi connectivity index (χ2n) is 3.21. The minimum absolute atomic E-state index is 0.357. The summed E-state index contributed by atoms with van der Waals surface area (Å²) in [6.45, 7) is 0. The van der Waals surface area contributed by atoms with E-state index in [4.69, 9.17) is 34.8 Å². The highest BCUT2D eigenvalue weighted by molar-refractivity contribution is 7.91. The van der Waals surface area contributed by atoms with Gasteiger partial charge in [0.2, 0.25) is 0 Å². The van der Waals surface area contributed by atoms with Crippen LogP contribution in [0.2, 0.25) is 15.1 Å². The maximum atomic E-state index is 11.4. The normalized spacial score (nSPS) is 12.8. The van der Waals surface area contributed by atoms with Gasteiger partial charge in [0.1, 0.15) is 0 Å². The Morgan fingerprint density at radius 1 is 0.765 bits per heavy atom. The van der Waals surface area contributed by atoms with Crippen LogP contribution in [0.25, 0.3) is 0 Å². The number of halogens is 3. The summed E-state index contributed by atoms with van der Waals surface area (Å²) in [5.74, 6) is 0. The van der Waals surface area contributed by atoms with Crippen LogP contribution in [0.3, 0.4) is 0 Å². The summed E-state index contributed by atoms with van der Waals surface area (Å²) in [5, 5.41) is -2.38. The van der Waals surface area contributed by atoms with Gasteiger partial charge >= 0.3 is 0 Å². The zero-order chi connectivity index (χ0) is 13.6. The summed E-state index contributed by atoms with van der Waals surface area (Å²) < 4.78 is 45.4. The van der Waals surface area contributed by atoms with Crippen molar-refractivity contribution in [3.05, 3.63) is 15.1 Å². The molecule has 0 fully saturated rings. The Kier molecular flexibility index (Phi) is 4.01. The molecule has 0 amide bonds. The standard InChI is InChI=1S/C7H6Cl3NO4S2/c1-16(12,13)6-4(9)3(8)5(10)7(11-6)17(2,14)15/h1-2H3. The molecule has 0 bridgehead atoms. The lowest BCUT2D eigenvalue weighted by molar-refractivity contribution is 0.591. The molecule has 1 aromatic rings. The number of rotatable bonds is 2. The van der Waals surface area contributed by atoms with Gasteiger partial charge < -0.3 is 0 Å². The van der Waals surface area contributed by atoms with Gasteiger partial charge in [-0.25, -0.2) is 21.8 Å². The third-order valence-corrected chi connectivity index (χ3v) is 5.19. The molecule has 17 heavy (non-hydrogen) atoms. The predicted octanol–water partition coefficient (Wildman–Crippen LogP) is 1.85. The van der Waals surface area contributed by atoms with Gasteiger partial charge in [-0.1, -0.05) is 34.8 Å². The number of hydrogen-bond acceptors (Lipinski definition) is 5. The molecular weight excluding hydrogens is 333 g/mol. The largest absolute Gasteiger partial charge is 0.222 e. The van der Waals surface area contributed by atoms with Crippen molar-refractivity contribution < 1.29 is 16.8 Å². The third kappa shape index (κ3) is 3.03. The zero-order valence-corrected chi connectivity index (χ0v) is 12.4. The number of nitrogens with zero attached hydrogens (tertiary/aromatic N) is 1. The van der Waals surface area contributed by atoms with Gasteiger partial charge in [-0.15, -0.1) is 0 Å². The highest BCUT2D eigenvalue weighted by Crippen LogP contribution is 2.37. The molecule has 0 aliphatic heterocycles. The molecule has 0 atom stereocenters. The minimum Gasteiger partial charge on any atom is -0.222 e. The fraction of sp³-hybridized carbons (Fsp3) is 0.286. The lowest BCUT2D eigenvalue weighted by Crippen LogP contribution is -2.09. The van der Waals surface area contributed by atoms with Crippen molar-refractivity contribution in [3.8, 4) is 0 Å². The van der Waals surface area contributed by atoms with Crippen LogP contribution in [0.15, 0.2) is 10.1 Å². The van der Waals surface area contributed by atoms with Gasteiger partial charge in [-0.3, -0.25) is 0 Å². The molecule has 0 unspecified atom stereocenters. The van der Waals surface area contributed by atoms with Gasteiger partial charge in [0, 0.05) is 12.5 Å². The first-order valence-electron chi connectivity index (χ1n) is 3.91. The van der Waals surface area contributed by atoms with Crippen molar-refractivity contribution in [3.63, 3.8) is 0 Å². The van der Waals surface area contributed by atoms with Crippen molar-refractivity contribution in [2.75, 3.05) is 12.5 Å². The molecule has 0 aromatic carbocycles. The van der Waals surface area contributed by atoms with E-state index in [0.717, 1.165) is 12.5 Å². The number of sulfone groups is 2. The summed E-state index contributed by atoms with van der Waals surface area (Å²) in [6, 6.07) is 0. The summed E-state index contributed by atoms with van der Waals surface area (Å²) >= 11 is 17.0. The molecule has 0 saturated heterocycles. The van der Waals surface area contributed by atoms with E-state index in [1.165, 1.54) is 0 Å². The summed E-state index contributed by atoms with van der Waals surface area (Å²) in [5.41, 5.74) is 0. The van der Waals surface area contributed by atoms with Crippen molar-refractivity contribution in [2.24, 2.45) is 0 Å². The molecule has 5 nitrogen and oxygen atoms in total. The first kappa shape index (κ1) is 15.0. The monoisotopic (exact) mass is 337 g/mol. The molecule has 0 radical (unpaired) electrons. The smallest absolute Gasteiger partial charge is 0.194 e. The maximum absolute atomic E-state index is 11.4. The minimum atomic E-state index is -3.81. The van der Waals surface area contributed by atoms with Gasteiger partial charge in [-0.05, 0) is 0 Å². The average molecular weight is 339 g/mol. The van der Waals surface area contributed by atoms with Crippen LogP contribution in [0.4, 0.5) is 0 Å². The summed E-state index contributed by atoms with van der Waals surface area (Å²) in [7, 11) is -7.61. The molecule has 0 aliphatic carbocycles. The lowest BCUT2D eigenvalue weighted by atomic mass is 10.5. The first-order valence-corrected chi connectivity index (χ1v) is 8.82. The second kappa shape index (κ2) is 4.55. The Balaban J connectivity index is 3.88. The molecule has 0 N–H and O–H groups in total. The topological polar surface area (TPSA) is 81.2 Å². The molecule has 1 heterocycles. The van der Waals surface area contributed by atoms with Gasteiger partial charge in [-0.2, -0.15) is 0 Å². The Labute approximate surface area is 114 Å². The van der Waals surface area contributed by atoms with Crippen LogP contribution in [0.1, 0.15) is 0 Å². The molecule has 0 aliphatic rings. The van der Waals surface area contributed by atoms with Crippen molar-refractivity contribution >= 4 is 54.5 Å². The van der Waals surface area contributed by atoms with Crippen LogP contribution in [-0.4, -0.2) is 34.3 Å². The van der Waals surface area contributed by atoms with E-state index < -0.39 is 39.8 Å². The number of aromatic nitrogens is 1. The van der Waals surface area contributed by atoms with Crippen LogP contribution in [-0.2, 0) is 19.7 Å². The van der Waals surface area contributed by atoms with Crippen molar-refractivity contribution in [1.82, 2.24) is 4.98 Å². The summed E-state index contributed by atoms with van der Waals surface area (Å²) in [6.07, 6.45) is 1.66. The second-order valence-corrected chi connectivity index (χ2v) is 8.20. The van der Waals surface area contributed by atoms with Crippen LogP contribution in [0.5, 0.6) is 0 Å². The lowest BCUT2D eigenvalue weighted by Gasteiger charge is -2.08. The van der Waals surface area contributed by atoms with E-state index in [2.05, 4.69) is 4.98 Å². The van der Waals surface area contributed by atoms with Crippen molar-refractivity contribution in [2.45, 2.75) is 10.1 Å². The van der Waals surface area contributed by atoms with E-state index in [-0.39, 0.29) is 5.02 Å². The molecule has 0 spiro atoms. The quantitative estimate of drug-likeness (QED) is 0.822. The van der Waals surface area contributed by atoms with Gasteiger partial charge in [0.25, 0.3) is 0 Å². The number of pyridine rings is 1. The molecule has 1 rings (SSSR count). The van der Waals surface area contributed by atoms with Gasteiger partial charge in [0.05, 0.1) is 15.1 Å². The highest BCUT2D eigenvalue weighted by Gasteiger charge is 2.26. The van der Waals surface area contributed by atoms with E-state index in [1.807, 2.05) is 0 Å². The third-order valence-electron chi connectivity index (χ3n) is 1.67. The molecule has 0 saturated carbocycles. The summed E-state index contributed by atoms with van der Waals surface area (Å²) in [4.78, 5) is 3.45. The molecule has 96 valence electrons. The van der Waals surface area contributed by atoms with Crippen LogP contribution < -0.4 is 0 Å². The molecular formula is C7H6Cl3NO4S2. The average Bonchev–Trinajstić information content (AvgIpc) is 2.10. The Hall–Kier alpha value is -0.0800. The predicted molar refractivity (Wildman–Crippen MR) is 65.5 cm³/mol. The maximum Gasteiger partial charge on any atom is 0.194 e. The zero-order valence-electron chi connectivity index (χ0n) is 8.53. The Bertz CT molecular complexity index is 625. The first-order chi connectivity index (χ1) is 7.46. The van der Waals surface area contributed by atoms with Crippen LogP contribution >= 0.6 is 34.8 Å². The fourth-order valence-electron chi connectivity index (χ4n) is 0.966. The SMILES string of the molecule is CS(=O)(=O)c1nc(S(C)(=O)=O)c(Cl)c(Cl)c1Cl.